The van der Waals surface area contributed by atoms with E-state index >= 15 is 0 Å². The van der Waals surface area contributed by atoms with Crippen molar-refractivity contribution in [3.8, 4) is 0 Å². The molecule has 0 aliphatic heterocycles. The molecule has 4 heteroatoms. The molecule has 0 saturated heterocycles. The molecule has 0 spiro atoms. The smallest absolute Gasteiger partial charge is 0.310 e. The van der Waals surface area contributed by atoms with Crippen molar-refractivity contribution < 1.29 is 9.53 Å². The molecule has 3 nitrogen and oxygen atoms in total. The minimum Gasteiger partial charge on any atom is -0.465 e. The van der Waals surface area contributed by atoms with E-state index in [-0.39, 0.29) is 11.9 Å². The van der Waals surface area contributed by atoms with E-state index in [1.165, 1.54) is 4.88 Å². The van der Waals surface area contributed by atoms with Crippen LogP contribution in [0.2, 0.25) is 0 Å². The summed E-state index contributed by atoms with van der Waals surface area (Å²) in [7, 11) is 0. The number of hydrogen-bond donors (Lipinski definition) is 1. The van der Waals surface area contributed by atoms with Gasteiger partial charge in [0.05, 0.1) is 12.5 Å². The second kappa shape index (κ2) is 7.45. The summed E-state index contributed by atoms with van der Waals surface area (Å²) in [6, 6.07) is 4.05. The first kappa shape index (κ1) is 14.2. The second-order valence-corrected chi connectivity index (χ2v) is 5.59. The fraction of sp³-hybridized carbons (Fsp3) is 0.615. The summed E-state index contributed by atoms with van der Waals surface area (Å²) in [5.41, 5.74) is 5.59. The maximum Gasteiger partial charge on any atom is 0.310 e. The third-order valence-electron chi connectivity index (χ3n) is 2.55. The number of thiophene rings is 1. The van der Waals surface area contributed by atoms with Crippen molar-refractivity contribution in [3.05, 3.63) is 22.4 Å². The molecular weight excluding hydrogens is 234 g/mol. The van der Waals surface area contributed by atoms with Gasteiger partial charge in [0.25, 0.3) is 0 Å². The molecule has 0 fully saturated rings. The van der Waals surface area contributed by atoms with Crippen LogP contribution in [0.1, 0.15) is 25.1 Å². The topological polar surface area (TPSA) is 52.3 Å². The highest BCUT2D eigenvalue weighted by atomic mass is 32.1. The first-order valence-corrected chi connectivity index (χ1v) is 6.90. The molecule has 1 unspecified atom stereocenters. The standard InChI is InChI=1S/C13H21NO2S/c1-10(2)8-11(9-14)13(15)16-6-5-12-4-3-7-17-12/h3-4,7,10-11H,5-6,8-9,14H2,1-2H3. The zero-order chi connectivity index (χ0) is 12.7. The van der Waals surface area contributed by atoms with Crippen LogP contribution >= 0.6 is 11.3 Å². The Morgan fingerprint density at radius 1 is 1.53 bits per heavy atom. The minimum atomic E-state index is -0.155. The zero-order valence-corrected chi connectivity index (χ0v) is 11.3. The Bertz CT molecular complexity index is 322. The largest absolute Gasteiger partial charge is 0.465 e. The third kappa shape index (κ3) is 5.33. The van der Waals surface area contributed by atoms with Crippen LogP contribution < -0.4 is 5.73 Å². The van der Waals surface area contributed by atoms with Gasteiger partial charge in [-0.05, 0) is 23.8 Å². The molecule has 17 heavy (non-hydrogen) atoms. The van der Waals surface area contributed by atoms with Crippen molar-refractivity contribution in [1.82, 2.24) is 0 Å². The van der Waals surface area contributed by atoms with Crippen molar-refractivity contribution in [1.29, 1.82) is 0 Å². The minimum absolute atomic E-state index is 0.154. The molecule has 0 aliphatic rings. The lowest BCUT2D eigenvalue weighted by Gasteiger charge is -2.15. The molecule has 1 aromatic rings. The molecule has 0 aromatic carbocycles. The number of carbonyl (C=O) groups excluding carboxylic acids is 1. The van der Waals surface area contributed by atoms with Crippen LogP contribution in [0.3, 0.4) is 0 Å². The molecule has 0 aliphatic carbocycles. The van der Waals surface area contributed by atoms with E-state index in [1.807, 2.05) is 17.5 Å². The Morgan fingerprint density at radius 2 is 2.29 bits per heavy atom. The Labute approximate surface area is 107 Å². The highest BCUT2D eigenvalue weighted by Gasteiger charge is 2.19. The maximum absolute atomic E-state index is 11.7. The van der Waals surface area contributed by atoms with Crippen LogP contribution in [-0.2, 0) is 16.0 Å². The molecular formula is C13H21NO2S. The van der Waals surface area contributed by atoms with Gasteiger partial charge in [0.15, 0.2) is 0 Å². The van der Waals surface area contributed by atoms with E-state index in [1.54, 1.807) is 11.3 Å². The molecule has 0 radical (unpaired) electrons. The Morgan fingerprint density at radius 3 is 2.82 bits per heavy atom. The van der Waals surface area contributed by atoms with Gasteiger partial charge in [0.2, 0.25) is 0 Å². The maximum atomic E-state index is 11.7. The molecule has 2 N–H and O–H groups in total. The van der Waals surface area contributed by atoms with Crippen LogP contribution in [0.15, 0.2) is 17.5 Å². The highest BCUT2D eigenvalue weighted by molar-refractivity contribution is 7.09. The van der Waals surface area contributed by atoms with E-state index in [2.05, 4.69) is 13.8 Å². The number of esters is 1. The summed E-state index contributed by atoms with van der Waals surface area (Å²) in [6.07, 6.45) is 1.59. The van der Waals surface area contributed by atoms with E-state index < -0.39 is 0 Å². The summed E-state index contributed by atoms with van der Waals surface area (Å²) in [6.45, 7) is 4.99. The van der Waals surface area contributed by atoms with Gasteiger partial charge in [-0.3, -0.25) is 4.79 Å². The van der Waals surface area contributed by atoms with Crippen molar-refractivity contribution in [3.63, 3.8) is 0 Å². The van der Waals surface area contributed by atoms with Crippen LogP contribution in [-0.4, -0.2) is 19.1 Å². The van der Waals surface area contributed by atoms with Gasteiger partial charge in [-0.2, -0.15) is 0 Å². The summed E-state index contributed by atoms with van der Waals surface area (Å²) in [5, 5.41) is 2.03. The second-order valence-electron chi connectivity index (χ2n) is 4.56. The number of ether oxygens (including phenoxy) is 1. The first-order chi connectivity index (χ1) is 8.13. The van der Waals surface area contributed by atoms with Gasteiger partial charge in [-0.1, -0.05) is 19.9 Å². The van der Waals surface area contributed by atoms with Crippen molar-refractivity contribution in [2.24, 2.45) is 17.6 Å². The van der Waals surface area contributed by atoms with E-state index in [9.17, 15) is 4.79 Å². The first-order valence-electron chi connectivity index (χ1n) is 6.02. The van der Waals surface area contributed by atoms with Gasteiger partial charge >= 0.3 is 5.97 Å². The van der Waals surface area contributed by atoms with Gasteiger partial charge < -0.3 is 10.5 Å². The molecule has 1 atom stereocenters. The van der Waals surface area contributed by atoms with Crippen LogP contribution in [0.5, 0.6) is 0 Å². The number of hydrogen-bond acceptors (Lipinski definition) is 4. The summed E-state index contributed by atoms with van der Waals surface area (Å²) < 4.78 is 5.26. The predicted octanol–water partition coefficient (Wildman–Crippen LogP) is 2.45. The van der Waals surface area contributed by atoms with Crippen molar-refractivity contribution in [2.75, 3.05) is 13.2 Å². The van der Waals surface area contributed by atoms with Crippen molar-refractivity contribution >= 4 is 17.3 Å². The molecule has 1 heterocycles. The lowest BCUT2D eigenvalue weighted by atomic mass is 9.97. The Hall–Kier alpha value is -0.870. The third-order valence-corrected chi connectivity index (χ3v) is 3.48. The highest BCUT2D eigenvalue weighted by Crippen LogP contribution is 2.13. The lowest BCUT2D eigenvalue weighted by Crippen LogP contribution is -2.27. The molecule has 1 rings (SSSR count). The molecule has 0 amide bonds. The molecule has 0 saturated carbocycles. The quantitative estimate of drug-likeness (QED) is 0.761. The molecule has 96 valence electrons. The predicted molar refractivity (Wildman–Crippen MR) is 71.0 cm³/mol. The number of nitrogens with two attached hydrogens (primary N) is 1. The number of carbonyl (C=O) groups is 1. The SMILES string of the molecule is CC(C)CC(CN)C(=O)OCCc1cccs1. The number of rotatable bonds is 7. The zero-order valence-electron chi connectivity index (χ0n) is 10.5. The monoisotopic (exact) mass is 255 g/mol. The normalized spacial score (nSPS) is 12.7. The summed E-state index contributed by atoms with van der Waals surface area (Å²) in [5.74, 6) is 0.157. The van der Waals surface area contributed by atoms with Crippen LogP contribution in [0, 0.1) is 11.8 Å². The molecule has 0 bridgehead atoms. The van der Waals surface area contributed by atoms with Crippen LogP contribution in [0.25, 0.3) is 0 Å². The van der Waals surface area contributed by atoms with Gasteiger partial charge in [0, 0.05) is 17.8 Å². The van der Waals surface area contributed by atoms with Gasteiger partial charge in [-0.25, -0.2) is 0 Å². The fourth-order valence-electron chi connectivity index (χ4n) is 1.68. The molecule has 1 aromatic heterocycles. The van der Waals surface area contributed by atoms with Gasteiger partial charge in [0.1, 0.15) is 0 Å². The summed E-state index contributed by atoms with van der Waals surface area (Å²) in [4.78, 5) is 13.0. The van der Waals surface area contributed by atoms with Crippen molar-refractivity contribution in [2.45, 2.75) is 26.7 Å². The Kier molecular flexibility index (Phi) is 6.22. The van der Waals surface area contributed by atoms with Gasteiger partial charge in [-0.15, -0.1) is 11.3 Å². The van der Waals surface area contributed by atoms with E-state index in [0.717, 1.165) is 12.8 Å². The van der Waals surface area contributed by atoms with E-state index in [4.69, 9.17) is 10.5 Å². The van der Waals surface area contributed by atoms with E-state index in [0.29, 0.717) is 19.1 Å². The average Bonchev–Trinajstić information content (AvgIpc) is 2.78. The summed E-state index contributed by atoms with van der Waals surface area (Å²) >= 11 is 1.68. The average molecular weight is 255 g/mol. The van der Waals surface area contributed by atoms with Crippen LogP contribution in [0.4, 0.5) is 0 Å². The lowest BCUT2D eigenvalue weighted by molar-refractivity contribution is -0.148. The fourth-order valence-corrected chi connectivity index (χ4v) is 2.37. The Balaban J connectivity index is 2.27.